The Labute approximate surface area is 208 Å². The normalized spacial score (nSPS) is 10.9. The first kappa shape index (κ1) is 27.0. The molecule has 0 fully saturated rings. The van der Waals surface area contributed by atoms with Crippen molar-refractivity contribution in [2.75, 3.05) is 6.54 Å². The summed E-state index contributed by atoms with van der Waals surface area (Å²) in [6, 6.07) is 14.9. The number of amides is 1. The van der Waals surface area contributed by atoms with E-state index in [4.69, 9.17) is 25.8 Å². The molecule has 0 bridgehead atoms. The van der Waals surface area contributed by atoms with E-state index in [0.29, 0.717) is 35.6 Å². The quantitative estimate of drug-likeness (QED) is 0.192. The largest absolute Gasteiger partial charge is 1.00 e. The minimum atomic E-state index is -0.988. The molecule has 160 valence electrons. The maximum atomic E-state index is 12.1. The van der Waals surface area contributed by atoms with Crippen LogP contribution in [0.3, 0.4) is 0 Å². The Kier molecular flexibility index (Phi) is 12.9. The van der Waals surface area contributed by atoms with Crippen LogP contribution in [-0.4, -0.2) is 30.9 Å². The van der Waals surface area contributed by atoms with Crippen molar-refractivity contribution in [3.8, 4) is 5.75 Å². The number of alkyl carbamates (subject to hydrolysis) is 1. The van der Waals surface area contributed by atoms with Crippen LogP contribution in [-0.2, 0) is 14.3 Å². The number of hydrogen-bond donors (Lipinski definition) is 1. The average Bonchev–Trinajstić information content (AvgIpc) is 2.73. The Balaban J connectivity index is 0.00000480. The van der Waals surface area contributed by atoms with Crippen molar-refractivity contribution >= 4 is 29.6 Å². The van der Waals surface area contributed by atoms with Gasteiger partial charge in [0, 0.05) is 24.4 Å². The van der Waals surface area contributed by atoms with Crippen molar-refractivity contribution in [2.45, 2.75) is 38.9 Å². The molecule has 1 amide bonds. The Bertz CT molecular complexity index is 832. The molecule has 0 aromatic heterocycles. The molecule has 1 unspecified atom stereocenters. The standard InChI is InChI=1S/C22H24ClNO6.Na/c1-2-7-20(29-21(26)16-8-4-3-5-9-16)30-22(27)24-15-6-10-19(25)28-18-13-11-17(23)12-14-18;/h3-5,8-9,11-14,20H,2,6-7,10,15H2,1H3,(H,24,27);/q;+1. The molecule has 7 nitrogen and oxygen atoms in total. The molecule has 0 saturated carbocycles. The molecule has 9 heteroatoms. The molecule has 0 spiro atoms. The number of carbonyl (C=O) groups excluding carboxylic acids is 3. The Hall–Kier alpha value is -2.06. The molecule has 0 aliphatic rings. The van der Waals surface area contributed by atoms with Crippen LogP contribution in [0.4, 0.5) is 4.79 Å². The van der Waals surface area contributed by atoms with Crippen LogP contribution in [0.5, 0.6) is 5.75 Å². The summed E-state index contributed by atoms with van der Waals surface area (Å²) in [5, 5.41) is 3.08. The van der Waals surface area contributed by atoms with Crippen LogP contribution in [0, 0.1) is 0 Å². The molecular formula is C22H24ClNNaO6+. The molecule has 2 rings (SSSR count). The van der Waals surface area contributed by atoms with E-state index in [1.807, 2.05) is 6.92 Å². The van der Waals surface area contributed by atoms with Crippen molar-refractivity contribution in [2.24, 2.45) is 0 Å². The summed E-state index contributed by atoms with van der Waals surface area (Å²) in [7, 11) is 0. The van der Waals surface area contributed by atoms with E-state index in [2.05, 4.69) is 5.32 Å². The first-order valence-electron chi connectivity index (χ1n) is 9.64. The minimum Gasteiger partial charge on any atom is -0.427 e. The van der Waals surface area contributed by atoms with Gasteiger partial charge in [-0.1, -0.05) is 36.7 Å². The third-order valence-corrected chi connectivity index (χ3v) is 4.14. The zero-order valence-corrected chi connectivity index (χ0v) is 20.4. The number of rotatable bonds is 10. The predicted molar refractivity (Wildman–Crippen MR) is 111 cm³/mol. The Morgan fingerprint density at radius 3 is 2.32 bits per heavy atom. The van der Waals surface area contributed by atoms with Gasteiger partial charge in [0.25, 0.3) is 0 Å². The van der Waals surface area contributed by atoms with E-state index < -0.39 is 24.3 Å². The zero-order valence-electron chi connectivity index (χ0n) is 17.6. The van der Waals surface area contributed by atoms with Gasteiger partial charge in [0.05, 0.1) is 5.56 Å². The van der Waals surface area contributed by atoms with Crippen molar-refractivity contribution < 1.29 is 58.2 Å². The molecule has 0 aliphatic heterocycles. The van der Waals surface area contributed by atoms with E-state index in [0.717, 1.165) is 0 Å². The summed E-state index contributed by atoms with van der Waals surface area (Å²) in [6.07, 6.45) is -0.192. The van der Waals surface area contributed by atoms with E-state index >= 15 is 0 Å². The van der Waals surface area contributed by atoms with Crippen molar-refractivity contribution in [1.29, 1.82) is 0 Å². The van der Waals surface area contributed by atoms with Gasteiger partial charge in [-0.15, -0.1) is 0 Å². The third kappa shape index (κ3) is 10.7. The summed E-state index contributed by atoms with van der Waals surface area (Å²) in [5.41, 5.74) is 0.377. The number of carbonyl (C=O) groups is 3. The molecule has 0 saturated heterocycles. The number of ether oxygens (including phenoxy) is 3. The van der Waals surface area contributed by atoms with Gasteiger partial charge in [0.1, 0.15) is 5.75 Å². The predicted octanol–water partition coefficient (Wildman–Crippen LogP) is 1.74. The van der Waals surface area contributed by atoms with Gasteiger partial charge in [-0.2, -0.15) is 0 Å². The molecule has 31 heavy (non-hydrogen) atoms. The van der Waals surface area contributed by atoms with Crippen LogP contribution in [0.2, 0.25) is 5.02 Å². The van der Waals surface area contributed by atoms with E-state index in [1.54, 1.807) is 54.6 Å². The summed E-state index contributed by atoms with van der Waals surface area (Å²) < 4.78 is 15.6. The molecule has 1 atom stereocenters. The van der Waals surface area contributed by atoms with Crippen molar-refractivity contribution in [3.63, 3.8) is 0 Å². The molecule has 2 aromatic rings. The first-order valence-corrected chi connectivity index (χ1v) is 10.0. The number of halogens is 1. The second-order valence-corrected chi connectivity index (χ2v) is 6.79. The van der Waals surface area contributed by atoms with Gasteiger partial charge < -0.3 is 19.5 Å². The fourth-order valence-electron chi connectivity index (χ4n) is 2.41. The van der Waals surface area contributed by atoms with Crippen LogP contribution in [0.1, 0.15) is 43.0 Å². The van der Waals surface area contributed by atoms with Crippen molar-refractivity contribution in [3.05, 3.63) is 65.2 Å². The van der Waals surface area contributed by atoms with Gasteiger partial charge in [-0.05, 0) is 49.2 Å². The molecule has 0 radical (unpaired) electrons. The maximum Gasteiger partial charge on any atom is 1.00 e. The fourth-order valence-corrected chi connectivity index (χ4v) is 2.53. The van der Waals surface area contributed by atoms with Crippen LogP contribution >= 0.6 is 11.6 Å². The van der Waals surface area contributed by atoms with Gasteiger partial charge >= 0.3 is 47.6 Å². The van der Waals surface area contributed by atoms with Crippen molar-refractivity contribution in [1.82, 2.24) is 5.32 Å². The van der Waals surface area contributed by atoms with Gasteiger partial charge in [-0.3, -0.25) is 4.79 Å². The molecule has 0 heterocycles. The second kappa shape index (κ2) is 14.9. The zero-order chi connectivity index (χ0) is 21.8. The molecule has 2 aromatic carbocycles. The second-order valence-electron chi connectivity index (χ2n) is 6.35. The van der Waals surface area contributed by atoms with Crippen LogP contribution < -0.4 is 39.6 Å². The summed E-state index contributed by atoms with van der Waals surface area (Å²) >= 11 is 5.77. The fraction of sp³-hybridized carbons (Fsp3) is 0.318. The average molecular weight is 457 g/mol. The third-order valence-electron chi connectivity index (χ3n) is 3.88. The number of hydrogen-bond acceptors (Lipinski definition) is 6. The molecular weight excluding hydrogens is 433 g/mol. The smallest absolute Gasteiger partial charge is 0.427 e. The van der Waals surface area contributed by atoms with Crippen LogP contribution in [0.15, 0.2) is 54.6 Å². The van der Waals surface area contributed by atoms with Gasteiger partial charge in [-0.25, -0.2) is 9.59 Å². The summed E-state index contributed by atoms with van der Waals surface area (Å²) in [4.78, 5) is 35.9. The minimum absolute atomic E-state index is 0. The first-order chi connectivity index (χ1) is 14.5. The topological polar surface area (TPSA) is 90.9 Å². The molecule has 0 aliphatic carbocycles. The van der Waals surface area contributed by atoms with Gasteiger partial charge in [0.2, 0.25) is 6.29 Å². The summed E-state index contributed by atoms with van der Waals surface area (Å²) in [5.74, 6) is -0.584. The molecule has 1 N–H and O–H groups in total. The number of benzene rings is 2. The summed E-state index contributed by atoms with van der Waals surface area (Å²) in [6.45, 7) is 2.09. The number of esters is 2. The van der Waals surface area contributed by atoms with E-state index in [9.17, 15) is 14.4 Å². The number of nitrogens with one attached hydrogen (secondary N) is 1. The van der Waals surface area contributed by atoms with E-state index in [1.165, 1.54) is 0 Å². The van der Waals surface area contributed by atoms with Crippen LogP contribution in [0.25, 0.3) is 0 Å². The monoisotopic (exact) mass is 456 g/mol. The Morgan fingerprint density at radius 2 is 1.68 bits per heavy atom. The van der Waals surface area contributed by atoms with Gasteiger partial charge in [0.15, 0.2) is 0 Å². The SMILES string of the molecule is CCCC(OC(=O)NCCCC(=O)Oc1ccc(Cl)cc1)OC(=O)c1ccccc1.[Na+]. The maximum absolute atomic E-state index is 12.1. The van der Waals surface area contributed by atoms with E-state index in [-0.39, 0.29) is 42.5 Å². The Morgan fingerprint density at radius 1 is 1.00 bits per heavy atom.